The van der Waals surface area contributed by atoms with Crippen molar-refractivity contribution in [1.82, 2.24) is 10.2 Å². The fourth-order valence-electron chi connectivity index (χ4n) is 4.29. The van der Waals surface area contributed by atoms with E-state index < -0.39 is 41.7 Å². The molecule has 1 unspecified atom stereocenters. The lowest BCUT2D eigenvalue weighted by Gasteiger charge is -2.20. The van der Waals surface area contributed by atoms with Gasteiger partial charge in [0, 0.05) is 5.69 Å². The van der Waals surface area contributed by atoms with E-state index in [0.29, 0.717) is 22.5 Å². The van der Waals surface area contributed by atoms with E-state index in [1.165, 1.54) is 6.07 Å². The molecular formula is C23H20N4O5. The first-order valence-corrected chi connectivity index (χ1v) is 10.3. The number of nitrogens with zero attached hydrogens (tertiary/aromatic N) is 2. The predicted octanol–water partition coefficient (Wildman–Crippen LogP) is 2.15. The summed E-state index contributed by atoms with van der Waals surface area (Å²) < 4.78 is 0. The molecule has 2 aliphatic heterocycles. The van der Waals surface area contributed by atoms with Gasteiger partial charge in [-0.2, -0.15) is 0 Å². The van der Waals surface area contributed by atoms with E-state index in [1.54, 1.807) is 49.4 Å². The largest absolute Gasteiger partial charge is 0.325 e. The maximum Gasteiger partial charge on any atom is 0.325 e. The summed E-state index contributed by atoms with van der Waals surface area (Å²) in [6.45, 7) is 1.26. The molecule has 2 heterocycles. The molecule has 1 aliphatic carbocycles. The molecule has 2 aromatic carbocycles. The third-order valence-corrected chi connectivity index (χ3v) is 6.18. The third kappa shape index (κ3) is 3.05. The second kappa shape index (κ2) is 7.01. The number of benzene rings is 2. The van der Waals surface area contributed by atoms with Gasteiger partial charge in [-0.15, -0.1) is 0 Å². The molecule has 2 N–H and O–H groups in total. The molecular weight excluding hydrogens is 412 g/mol. The summed E-state index contributed by atoms with van der Waals surface area (Å²) in [6.07, 6.45) is 1.74. The molecule has 1 saturated heterocycles. The van der Waals surface area contributed by atoms with Crippen LogP contribution in [0, 0.1) is 5.92 Å². The average molecular weight is 432 g/mol. The van der Waals surface area contributed by atoms with Crippen molar-refractivity contribution >= 4 is 41.0 Å². The van der Waals surface area contributed by atoms with Crippen LogP contribution in [-0.2, 0) is 9.59 Å². The van der Waals surface area contributed by atoms with Gasteiger partial charge in [0.25, 0.3) is 17.7 Å². The number of imide groups is 2. The fraction of sp³-hybridized carbons (Fsp3) is 0.261. The molecule has 162 valence electrons. The number of carbonyl (C=O) groups is 5. The van der Waals surface area contributed by atoms with E-state index in [1.807, 2.05) is 0 Å². The average Bonchev–Trinajstić information content (AvgIpc) is 3.56. The van der Waals surface area contributed by atoms with Crippen molar-refractivity contribution in [3.8, 4) is 0 Å². The van der Waals surface area contributed by atoms with Crippen LogP contribution in [0.2, 0.25) is 0 Å². The van der Waals surface area contributed by atoms with Crippen molar-refractivity contribution in [2.24, 2.45) is 5.92 Å². The smallest absolute Gasteiger partial charge is 0.324 e. The van der Waals surface area contributed by atoms with Crippen LogP contribution in [-0.4, -0.2) is 46.6 Å². The molecule has 2 fully saturated rings. The van der Waals surface area contributed by atoms with Gasteiger partial charge in [0.2, 0.25) is 5.91 Å². The highest BCUT2D eigenvalue weighted by Crippen LogP contribution is 2.42. The Morgan fingerprint density at radius 2 is 1.69 bits per heavy atom. The molecule has 0 spiro atoms. The van der Waals surface area contributed by atoms with Crippen LogP contribution in [0.4, 0.5) is 16.2 Å². The minimum absolute atomic E-state index is 0.100. The summed E-state index contributed by atoms with van der Waals surface area (Å²) in [5.74, 6) is -1.74. The van der Waals surface area contributed by atoms with Crippen molar-refractivity contribution in [2.45, 2.75) is 25.3 Å². The Labute approximate surface area is 183 Å². The summed E-state index contributed by atoms with van der Waals surface area (Å²) >= 11 is 0. The van der Waals surface area contributed by atoms with Crippen LogP contribution in [0.3, 0.4) is 0 Å². The second-order valence-corrected chi connectivity index (χ2v) is 8.39. The number of amides is 6. The summed E-state index contributed by atoms with van der Waals surface area (Å²) in [5, 5.41) is 5.34. The standard InChI is InChI=1S/C23H20N4O5/c1-23(13-9-10-13)21(31)26(22(32)25-23)12-18(28)24-14-5-4-6-15(11-14)27-19(29)16-7-2-3-8-17(16)20(27)30/h2-8,11,13H,9-10,12H2,1H3,(H,24,28)(H,25,32). The second-order valence-electron chi connectivity index (χ2n) is 8.39. The zero-order chi connectivity index (χ0) is 22.6. The van der Waals surface area contributed by atoms with E-state index in [4.69, 9.17) is 0 Å². The number of nitrogens with one attached hydrogen (secondary N) is 2. The normalized spacial score (nSPS) is 22.3. The molecule has 9 heteroatoms. The molecule has 2 aromatic rings. The summed E-state index contributed by atoms with van der Waals surface area (Å²) in [5.41, 5.74) is 0.336. The van der Waals surface area contributed by atoms with Crippen LogP contribution in [0.15, 0.2) is 48.5 Å². The van der Waals surface area contributed by atoms with Crippen LogP contribution >= 0.6 is 0 Å². The lowest BCUT2D eigenvalue weighted by Crippen LogP contribution is -2.46. The fourth-order valence-corrected chi connectivity index (χ4v) is 4.29. The minimum Gasteiger partial charge on any atom is -0.324 e. The number of urea groups is 1. The first kappa shape index (κ1) is 19.9. The van der Waals surface area contributed by atoms with Crippen LogP contribution in [0.1, 0.15) is 40.5 Å². The van der Waals surface area contributed by atoms with Crippen molar-refractivity contribution in [2.75, 3.05) is 16.8 Å². The van der Waals surface area contributed by atoms with Crippen LogP contribution in [0.25, 0.3) is 0 Å². The molecule has 1 atom stereocenters. The summed E-state index contributed by atoms with van der Waals surface area (Å²) in [6, 6.07) is 12.3. The van der Waals surface area contributed by atoms with Gasteiger partial charge in [0.15, 0.2) is 0 Å². The topological polar surface area (TPSA) is 116 Å². The Balaban J connectivity index is 1.30. The molecule has 0 bridgehead atoms. The number of hydrogen-bond donors (Lipinski definition) is 2. The van der Waals surface area contributed by atoms with Crippen molar-refractivity contribution < 1.29 is 24.0 Å². The number of anilines is 2. The van der Waals surface area contributed by atoms with Gasteiger partial charge in [0.1, 0.15) is 12.1 Å². The minimum atomic E-state index is -0.956. The zero-order valence-electron chi connectivity index (χ0n) is 17.3. The molecule has 9 nitrogen and oxygen atoms in total. The highest BCUT2D eigenvalue weighted by molar-refractivity contribution is 6.34. The maximum atomic E-state index is 12.7. The third-order valence-electron chi connectivity index (χ3n) is 6.18. The quantitative estimate of drug-likeness (QED) is 0.555. The van der Waals surface area contributed by atoms with Crippen LogP contribution < -0.4 is 15.5 Å². The Morgan fingerprint density at radius 3 is 2.31 bits per heavy atom. The molecule has 0 aromatic heterocycles. The van der Waals surface area contributed by atoms with Gasteiger partial charge in [-0.25, -0.2) is 9.69 Å². The van der Waals surface area contributed by atoms with Gasteiger partial charge in [-0.3, -0.25) is 24.1 Å². The molecule has 6 amide bonds. The first-order valence-electron chi connectivity index (χ1n) is 10.3. The van der Waals surface area contributed by atoms with E-state index in [0.717, 1.165) is 22.6 Å². The lowest BCUT2D eigenvalue weighted by molar-refractivity contribution is -0.134. The van der Waals surface area contributed by atoms with Gasteiger partial charge in [-0.1, -0.05) is 18.2 Å². The molecule has 0 radical (unpaired) electrons. The predicted molar refractivity (Wildman–Crippen MR) is 114 cm³/mol. The number of fused-ring (bicyclic) bond motifs is 1. The lowest BCUT2D eigenvalue weighted by atomic mass is 9.96. The monoisotopic (exact) mass is 432 g/mol. The first-order chi connectivity index (χ1) is 15.3. The van der Waals surface area contributed by atoms with E-state index >= 15 is 0 Å². The van der Waals surface area contributed by atoms with E-state index in [2.05, 4.69) is 10.6 Å². The van der Waals surface area contributed by atoms with E-state index in [9.17, 15) is 24.0 Å². The van der Waals surface area contributed by atoms with Gasteiger partial charge >= 0.3 is 6.03 Å². The number of carbonyl (C=O) groups excluding carboxylic acids is 5. The molecule has 3 aliphatic rings. The summed E-state index contributed by atoms with van der Waals surface area (Å²) in [7, 11) is 0. The highest BCUT2D eigenvalue weighted by Gasteiger charge is 2.56. The van der Waals surface area contributed by atoms with Crippen molar-refractivity contribution in [1.29, 1.82) is 0 Å². The van der Waals surface area contributed by atoms with Crippen LogP contribution in [0.5, 0.6) is 0 Å². The van der Waals surface area contributed by atoms with Gasteiger partial charge in [-0.05, 0) is 56.0 Å². The van der Waals surface area contributed by atoms with Gasteiger partial charge in [0.05, 0.1) is 16.8 Å². The van der Waals surface area contributed by atoms with Crippen molar-refractivity contribution in [3.63, 3.8) is 0 Å². The van der Waals surface area contributed by atoms with Gasteiger partial charge < -0.3 is 10.6 Å². The maximum absolute atomic E-state index is 12.7. The highest BCUT2D eigenvalue weighted by atomic mass is 16.2. The SMILES string of the molecule is CC1(C2CC2)NC(=O)N(CC(=O)Nc2cccc(N3C(=O)c4ccccc4C3=O)c2)C1=O. The number of hydrogen-bond acceptors (Lipinski definition) is 5. The Morgan fingerprint density at radius 1 is 1.03 bits per heavy atom. The number of rotatable bonds is 5. The van der Waals surface area contributed by atoms with E-state index in [-0.39, 0.29) is 5.92 Å². The molecule has 1 saturated carbocycles. The molecule has 5 rings (SSSR count). The summed E-state index contributed by atoms with van der Waals surface area (Å²) in [4.78, 5) is 64.9. The Kier molecular flexibility index (Phi) is 4.37. The van der Waals surface area contributed by atoms with Crippen molar-refractivity contribution in [3.05, 3.63) is 59.7 Å². The Bertz CT molecular complexity index is 1170. The zero-order valence-corrected chi connectivity index (χ0v) is 17.3. The molecule has 32 heavy (non-hydrogen) atoms. The Hall–Kier alpha value is -4.01.